The Morgan fingerprint density at radius 2 is 2.16 bits per heavy atom. The van der Waals surface area contributed by atoms with Crippen LogP contribution in [-0.2, 0) is 19.1 Å². The molecule has 0 aliphatic rings. The van der Waals surface area contributed by atoms with Crippen molar-refractivity contribution in [3.8, 4) is 0 Å². The zero-order valence-electron chi connectivity index (χ0n) is 10.7. The molecule has 6 heteroatoms. The second-order valence-electron chi connectivity index (χ2n) is 4.02. The minimum atomic E-state index is -0.628. The summed E-state index contributed by atoms with van der Waals surface area (Å²) in [5.41, 5.74) is 0. The second-order valence-corrected chi connectivity index (χ2v) is 5.00. The molecule has 1 N–H and O–H groups in total. The number of amides is 2. The number of thiophene rings is 1. The minimum absolute atomic E-state index is 0.293. The highest BCUT2D eigenvalue weighted by atomic mass is 32.1. The van der Waals surface area contributed by atoms with Crippen molar-refractivity contribution < 1.29 is 19.1 Å². The SMILES string of the molecule is CC(C)C(=O)NC(=O)COC(=O)C=Cc1cccs1. The molecule has 5 nitrogen and oxygen atoms in total. The van der Waals surface area contributed by atoms with Gasteiger partial charge in [-0.1, -0.05) is 19.9 Å². The molecule has 1 rings (SSSR count). The fraction of sp³-hybridized carbons (Fsp3) is 0.308. The van der Waals surface area contributed by atoms with Crippen LogP contribution >= 0.6 is 11.3 Å². The van der Waals surface area contributed by atoms with Gasteiger partial charge in [0.1, 0.15) is 0 Å². The molecule has 0 aliphatic carbocycles. The maximum absolute atomic E-state index is 11.3. The van der Waals surface area contributed by atoms with Crippen molar-refractivity contribution in [2.24, 2.45) is 5.92 Å². The average molecular weight is 281 g/mol. The molecule has 0 bridgehead atoms. The van der Waals surface area contributed by atoms with E-state index >= 15 is 0 Å². The molecule has 0 saturated carbocycles. The fourth-order valence-electron chi connectivity index (χ4n) is 1.04. The first-order valence-electron chi connectivity index (χ1n) is 5.71. The second kappa shape index (κ2) is 7.48. The Labute approximate surface area is 115 Å². The van der Waals surface area contributed by atoms with Crippen molar-refractivity contribution in [1.29, 1.82) is 0 Å². The summed E-state index contributed by atoms with van der Waals surface area (Å²) in [4.78, 5) is 34.7. The summed E-state index contributed by atoms with van der Waals surface area (Å²) >= 11 is 1.48. The number of hydrogen-bond acceptors (Lipinski definition) is 5. The van der Waals surface area contributed by atoms with E-state index in [0.29, 0.717) is 0 Å². The third-order valence-corrected chi connectivity index (χ3v) is 2.90. The molecule has 2 amide bonds. The summed E-state index contributed by atoms with van der Waals surface area (Å²) in [6, 6.07) is 3.71. The van der Waals surface area contributed by atoms with Crippen LogP contribution < -0.4 is 5.32 Å². The summed E-state index contributed by atoms with van der Waals surface area (Å²) in [5.74, 6) is -1.94. The standard InChI is InChI=1S/C13H15NO4S/c1-9(2)13(17)14-11(15)8-18-12(16)6-5-10-4-3-7-19-10/h3-7,9H,8H2,1-2H3,(H,14,15,17). The third kappa shape index (κ3) is 5.96. The first-order chi connectivity index (χ1) is 8.99. The minimum Gasteiger partial charge on any atom is -0.452 e. The molecule has 0 fully saturated rings. The van der Waals surface area contributed by atoms with E-state index in [1.807, 2.05) is 17.5 Å². The van der Waals surface area contributed by atoms with Gasteiger partial charge in [-0.15, -0.1) is 11.3 Å². The Balaban J connectivity index is 2.30. The van der Waals surface area contributed by atoms with Gasteiger partial charge in [0.05, 0.1) is 0 Å². The van der Waals surface area contributed by atoms with Crippen LogP contribution in [0.5, 0.6) is 0 Å². The zero-order valence-corrected chi connectivity index (χ0v) is 11.5. The van der Waals surface area contributed by atoms with Gasteiger partial charge in [0.25, 0.3) is 5.91 Å². The molecule has 0 radical (unpaired) electrons. The van der Waals surface area contributed by atoms with Gasteiger partial charge in [0, 0.05) is 16.9 Å². The van der Waals surface area contributed by atoms with Gasteiger partial charge in [0.15, 0.2) is 6.61 Å². The zero-order chi connectivity index (χ0) is 14.3. The topological polar surface area (TPSA) is 72.5 Å². The predicted molar refractivity (Wildman–Crippen MR) is 72.3 cm³/mol. The Morgan fingerprint density at radius 3 is 2.74 bits per heavy atom. The fourth-order valence-corrected chi connectivity index (χ4v) is 1.66. The number of esters is 1. The van der Waals surface area contributed by atoms with E-state index in [4.69, 9.17) is 4.74 Å². The van der Waals surface area contributed by atoms with Crippen molar-refractivity contribution in [2.75, 3.05) is 6.61 Å². The van der Waals surface area contributed by atoms with Gasteiger partial charge in [-0.3, -0.25) is 14.9 Å². The van der Waals surface area contributed by atoms with Crippen molar-refractivity contribution in [3.63, 3.8) is 0 Å². The smallest absolute Gasteiger partial charge is 0.331 e. The molecule has 19 heavy (non-hydrogen) atoms. The predicted octanol–water partition coefficient (Wildman–Crippen LogP) is 1.60. The summed E-state index contributed by atoms with van der Waals surface area (Å²) in [7, 11) is 0. The van der Waals surface area contributed by atoms with Gasteiger partial charge >= 0.3 is 5.97 Å². The average Bonchev–Trinajstić information content (AvgIpc) is 2.86. The number of carbonyl (C=O) groups is 3. The molecule has 102 valence electrons. The van der Waals surface area contributed by atoms with Gasteiger partial charge in [-0.05, 0) is 17.5 Å². The normalized spacial score (nSPS) is 10.7. The molecule has 0 atom stereocenters. The van der Waals surface area contributed by atoms with E-state index in [1.54, 1.807) is 19.9 Å². The van der Waals surface area contributed by atoms with Crippen LogP contribution in [0.25, 0.3) is 6.08 Å². The molecule has 1 heterocycles. The van der Waals surface area contributed by atoms with Crippen LogP contribution in [0.4, 0.5) is 0 Å². The molecule has 0 unspecified atom stereocenters. The monoisotopic (exact) mass is 281 g/mol. The van der Waals surface area contributed by atoms with E-state index in [2.05, 4.69) is 5.32 Å². The van der Waals surface area contributed by atoms with Crippen molar-refractivity contribution in [1.82, 2.24) is 5.32 Å². The van der Waals surface area contributed by atoms with Gasteiger partial charge in [0.2, 0.25) is 5.91 Å². The first kappa shape index (κ1) is 15.1. The lowest BCUT2D eigenvalue weighted by Gasteiger charge is -2.06. The highest BCUT2D eigenvalue weighted by Gasteiger charge is 2.12. The lowest BCUT2D eigenvalue weighted by atomic mass is 10.2. The van der Waals surface area contributed by atoms with Crippen LogP contribution in [0.3, 0.4) is 0 Å². The molecular weight excluding hydrogens is 266 g/mol. The Kier molecular flexibility index (Phi) is 5.95. The van der Waals surface area contributed by atoms with E-state index < -0.39 is 24.4 Å². The van der Waals surface area contributed by atoms with Gasteiger partial charge in [-0.2, -0.15) is 0 Å². The molecule has 0 aliphatic heterocycles. The van der Waals surface area contributed by atoms with E-state index in [9.17, 15) is 14.4 Å². The maximum atomic E-state index is 11.3. The van der Waals surface area contributed by atoms with E-state index in [-0.39, 0.29) is 5.92 Å². The number of imide groups is 1. The Morgan fingerprint density at radius 1 is 1.42 bits per heavy atom. The van der Waals surface area contributed by atoms with Crippen LogP contribution in [0.1, 0.15) is 18.7 Å². The Hall–Kier alpha value is -1.95. The van der Waals surface area contributed by atoms with Gasteiger partial charge < -0.3 is 4.74 Å². The van der Waals surface area contributed by atoms with Crippen molar-refractivity contribution in [3.05, 3.63) is 28.5 Å². The maximum Gasteiger partial charge on any atom is 0.331 e. The number of hydrogen-bond donors (Lipinski definition) is 1. The largest absolute Gasteiger partial charge is 0.452 e. The summed E-state index contributed by atoms with van der Waals surface area (Å²) in [6.07, 6.45) is 2.84. The van der Waals surface area contributed by atoms with Crippen LogP contribution in [0, 0.1) is 5.92 Å². The van der Waals surface area contributed by atoms with Crippen molar-refractivity contribution >= 4 is 35.2 Å². The van der Waals surface area contributed by atoms with Crippen molar-refractivity contribution in [2.45, 2.75) is 13.8 Å². The van der Waals surface area contributed by atoms with Crippen LogP contribution in [0.15, 0.2) is 23.6 Å². The van der Waals surface area contributed by atoms with Crippen LogP contribution in [0.2, 0.25) is 0 Å². The molecule has 0 saturated heterocycles. The number of ether oxygens (including phenoxy) is 1. The number of carbonyl (C=O) groups excluding carboxylic acids is 3. The first-order valence-corrected chi connectivity index (χ1v) is 6.59. The van der Waals surface area contributed by atoms with Crippen LogP contribution in [-0.4, -0.2) is 24.4 Å². The molecular formula is C13H15NO4S. The number of rotatable bonds is 5. The summed E-state index contributed by atoms with van der Waals surface area (Å²) in [6.45, 7) is 2.86. The summed E-state index contributed by atoms with van der Waals surface area (Å²) < 4.78 is 4.70. The van der Waals surface area contributed by atoms with E-state index in [0.717, 1.165) is 4.88 Å². The molecule has 0 spiro atoms. The highest BCUT2D eigenvalue weighted by Crippen LogP contribution is 2.09. The molecule has 1 aromatic rings. The van der Waals surface area contributed by atoms with Gasteiger partial charge in [-0.25, -0.2) is 4.79 Å². The molecule has 1 aromatic heterocycles. The quantitative estimate of drug-likeness (QED) is 0.657. The van der Waals surface area contributed by atoms with E-state index in [1.165, 1.54) is 17.4 Å². The number of nitrogens with one attached hydrogen (secondary N) is 1. The highest BCUT2D eigenvalue weighted by molar-refractivity contribution is 7.10. The Bertz CT molecular complexity index is 477. The third-order valence-electron chi connectivity index (χ3n) is 2.06. The lowest BCUT2D eigenvalue weighted by molar-refractivity contribution is -0.145. The summed E-state index contributed by atoms with van der Waals surface area (Å²) in [5, 5.41) is 4.01. The lowest BCUT2D eigenvalue weighted by Crippen LogP contribution is -2.36. The molecule has 0 aromatic carbocycles.